The predicted molar refractivity (Wildman–Crippen MR) is 76.3 cm³/mol. The standard InChI is InChI=1S/C15H25N3O2/c19-14(18-10-8-16-15(18)20)11-17-9-4-7-13(17)12-5-2-1-3-6-12/h12-13H,1-11H2,(H,16,20)/t13-/m0/s1. The zero-order valence-corrected chi connectivity index (χ0v) is 12.1. The highest BCUT2D eigenvalue weighted by molar-refractivity contribution is 5.96. The van der Waals surface area contributed by atoms with Gasteiger partial charge in [-0.3, -0.25) is 14.6 Å². The maximum Gasteiger partial charge on any atom is 0.324 e. The lowest BCUT2D eigenvalue weighted by Gasteiger charge is -2.34. The van der Waals surface area contributed by atoms with Gasteiger partial charge in [-0.1, -0.05) is 19.3 Å². The summed E-state index contributed by atoms with van der Waals surface area (Å²) in [5.74, 6) is 0.745. The van der Waals surface area contributed by atoms with Crippen LogP contribution in [0.25, 0.3) is 0 Å². The number of imide groups is 1. The maximum absolute atomic E-state index is 12.3. The smallest absolute Gasteiger partial charge is 0.324 e. The van der Waals surface area contributed by atoms with Crippen molar-refractivity contribution in [2.45, 2.75) is 51.0 Å². The van der Waals surface area contributed by atoms with E-state index in [9.17, 15) is 9.59 Å². The molecular formula is C15H25N3O2. The molecular weight excluding hydrogens is 254 g/mol. The fraction of sp³-hybridized carbons (Fsp3) is 0.867. The minimum absolute atomic E-state index is 0.0253. The molecule has 3 rings (SSSR count). The van der Waals surface area contributed by atoms with Crippen LogP contribution in [0.1, 0.15) is 44.9 Å². The Morgan fingerprint density at radius 3 is 2.60 bits per heavy atom. The molecule has 20 heavy (non-hydrogen) atoms. The van der Waals surface area contributed by atoms with E-state index in [0.29, 0.717) is 25.7 Å². The molecule has 1 saturated carbocycles. The lowest BCUT2D eigenvalue weighted by molar-refractivity contribution is -0.129. The average Bonchev–Trinajstić information content (AvgIpc) is 3.08. The van der Waals surface area contributed by atoms with Gasteiger partial charge in [0, 0.05) is 19.1 Å². The molecule has 0 aromatic heterocycles. The van der Waals surface area contributed by atoms with E-state index in [2.05, 4.69) is 10.2 Å². The number of rotatable bonds is 3. The lowest BCUT2D eigenvalue weighted by Crippen LogP contribution is -2.45. The first-order valence-electron chi connectivity index (χ1n) is 8.08. The number of hydrogen-bond donors (Lipinski definition) is 1. The van der Waals surface area contributed by atoms with Crippen molar-refractivity contribution in [3.05, 3.63) is 0 Å². The Morgan fingerprint density at radius 2 is 1.90 bits per heavy atom. The molecule has 3 fully saturated rings. The first kappa shape index (κ1) is 13.9. The van der Waals surface area contributed by atoms with E-state index in [4.69, 9.17) is 0 Å². The molecule has 3 aliphatic rings. The van der Waals surface area contributed by atoms with Gasteiger partial charge in [0.2, 0.25) is 5.91 Å². The fourth-order valence-corrected chi connectivity index (χ4v) is 4.07. The Hall–Kier alpha value is -1.10. The van der Waals surface area contributed by atoms with Gasteiger partial charge in [0.05, 0.1) is 6.54 Å². The van der Waals surface area contributed by atoms with Gasteiger partial charge < -0.3 is 5.32 Å². The van der Waals surface area contributed by atoms with E-state index in [0.717, 1.165) is 12.5 Å². The van der Waals surface area contributed by atoms with E-state index < -0.39 is 0 Å². The van der Waals surface area contributed by atoms with Gasteiger partial charge >= 0.3 is 6.03 Å². The van der Waals surface area contributed by atoms with Crippen molar-refractivity contribution in [2.24, 2.45) is 5.92 Å². The molecule has 0 unspecified atom stereocenters. The Morgan fingerprint density at radius 1 is 1.10 bits per heavy atom. The number of carbonyl (C=O) groups is 2. The molecule has 0 aromatic rings. The maximum atomic E-state index is 12.3. The van der Waals surface area contributed by atoms with E-state index in [1.807, 2.05) is 0 Å². The number of hydrogen-bond acceptors (Lipinski definition) is 3. The molecule has 5 heteroatoms. The third-order valence-electron chi connectivity index (χ3n) is 5.10. The average molecular weight is 279 g/mol. The number of carbonyl (C=O) groups excluding carboxylic acids is 2. The first-order chi connectivity index (χ1) is 9.75. The van der Waals surface area contributed by atoms with Gasteiger partial charge in [0.1, 0.15) is 0 Å². The molecule has 0 bridgehead atoms. The number of amides is 3. The van der Waals surface area contributed by atoms with Gasteiger partial charge in [-0.2, -0.15) is 0 Å². The van der Waals surface area contributed by atoms with Gasteiger partial charge in [-0.15, -0.1) is 0 Å². The van der Waals surface area contributed by atoms with Crippen molar-refractivity contribution < 1.29 is 9.59 Å². The molecule has 112 valence electrons. The number of nitrogens with one attached hydrogen (secondary N) is 1. The van der Waals surface area contributed by atoms with Crippen molar-refractivity contribution >= 4 is 11.9 Å². The molecule has 0 spiro atoms. The molecule has 0 aromatic carbocycles. The van der Waals surface area contributed by atoms with Crippen LogP contribution in [-0.2, 0) is 4.79 Å². The molecule has 2 heterocycles. The summed E-state index contributed by atoms with van der Waals surface area (Å²) in [7, 11) is 0. The van der Waals surface area contributed by atoms with Crippen molar-refractivity contribution in [1.29, 1.82) is 0 Å². The van der Waals surface area contributed by atoms with E-state index >= 15 is 0 Å². The summed E-state index contributed by atoms with van der Waals surface area (Å²) in [6.07, 6.45) is 9.12. The van der Waals surface area contributed by atoms with Crippen LogP contribution >= 0.6 is 0 Å². The molecule has 1 N–H and O–H groups in total. The van der Waals surface area contributed by atoms with Crippen LogP contribution in [0.4, 0.5) is 4.79 Å². The summed E-state index contributed by atoms with van der Waals surface area (Å²) in [6.45, 7) is 2.56. The van der Waals surface area contributed by atoms with Crippen LogP contribution in [-0.4, -0.2) is 54.0 Å². The Bertz CT molecular complexity index is 379. The number of nitrogens with zero attached hydrogens (tertiary/aromatic N) is 2. The zero-order valence-electron chi connectivity index (χ0n) is 12.1. The van der Waals surface area contributed by atoms with Crippen LogP contribution in [0, 0.1) is 5.92 Å². The van der Waals surface area contributed by atoms with Crippen molar-refractivity contribution in [1.82, 2.24) is 15.1 Å². The summed E-state index contributed by atoms with van der Waals surface area (Å²) >= 11 is 0. The van der Waals surface area contributed by atoms with Gasteiger partial charge in [0.15, 0.2) is 0 Å². The summed E-state index contributed by atoms with van der Waals surface area (Å²) in [5.41, 5.74) is 0. The second-order valence-electron chi connectivity index (χ2n) is 6.36. The summed E-state index contributed by atoms with van der Waals surface area (Å²) in [5, 5.41) is 2.70. The molecule has 0 radical (unpaired) electrons. The quantitative estimate of drug-likeness (QED) is 0.853. The highest BCUT2D eigenvalue weighted by atomic mass is 16.2. The van der Waals surface area contributed by atoms with E-state index in [-0.39, 0.29) is 11.9 Å². The summed E-state index contributed by atoms with van der Waals surface area (Å²) in [6, 6.07) is 0.355. The highest BCUT2D eigenvalue weighted by Crippen LogP contribution is 2.34. The Balaban J connectivity index is 1.58. The zero-order chi connectivity index (χ0) is 13.9. The van der Waals surface area contributed by atoms with Crippen LogP contribution in [0.3, 0.4) is 0 Å². The van der Waals surface area contributed by atoms with Crippen molar-refractivity contribution in [3.63, 3.8) is 0 Å². The summed E-state index contributed by atoms with van der Waals surface area (Å²) < 4.78 is 0. The first-order valence-corrected chi connectivity index (χ1v) is 8.08. The lowest BCUT2D eigenvalue weighted by atomic mass is 9.83. The third-order valence-corrected chi connectivity index (χ3v) is 5.10. The van der Waals surface area contributed by atoms with Crippen molar-refractivity contribution in [2.75, 3.05) is 26.2 Å². The Labute approximate surface area is 120 Å². The predicted octanol–water partition coefficient (Wildman–Crippen LogP) is 1.58. The molecule has 5 nitrogen and oxygen atoms in total. The van der Waals surface area contributed by atoms with Gasteiger partial charge in [-0.25, -0.2) is 4.79 Å². The van der Waals surface area contributed by atoms with E-state index in [1.165, 1.54) is 49.8 Å². The van der Waals surface area contributed by atoms with Crippen LogP contribution in [0.5, 0.6) is 0 Å². The molecule has 1 aliphatic carbocycles. The number of urea groups is 1. The second kappa shape index (κ2) is 6.12. The Kier molecular flexibility index (Phi) is 4.24. The topological polar surface area (TPSA) is 52.7 Å². The third kappa shape index (κ3) is 2.82. The molecule has 1 atom stereocenters. The van der Waals surface area contributed by atoms with Gasteiger partial charge in [-0.05, 0) is 38.1 Å². The second-order valence-corrected chi connectivity index (χ2v) is 6.36. The summed E-state index contributed by atoms with van der Waals surface area (Å²) in [4.78, 5) is 27.5. The molecule has 3 amide bonds. The largest absolute Gasteiger partial charge is 0.336 e. The fourth-order valence-electron chi connectivity index (χ4n) is 4.07. The highest BCUT2D eigenvalue weighted by Gasteiger charge is 2.35. The number of likely N-dealkylation sites (tertiary alicyclic amines) is 1. The van der Waals surface area contributed by atoms with Crippen LogP contribution in [0.2, 0.25) is 0 Å². The molecule has 2 saturated heterocycles. The molecule has 2 aliphatic heterocycles. The monoisotopic (exact) mass is 279 g/mol. The van der Waals surface area contributed by atoms with Crippen LogP contribution in [0.15, 0.2) is 0 Å². The minimum atomic E-state index is -0.219. The SMILES string of the molecule is O=C(CN1CCC[C@H]1C1CCCCC1)N1CCNC1=O. The normalized spacial score (nSPS) is 28.9. The minimum Gasteiger partial charge on any atom is -0.336 e. The van der Waals surface area contributed by atoms with E-state index in [1.54, 1.807) is 0 Å². The van der Waals surface area contributed by atoms with Gasteiger partial charge in [0.25, 0.3) is 0 Å². The van der Waals surface area contributed by atoms with Crippen LogP contribution < -0.4 is 5.32 Å². The van der Waals surface area contributed by atoms with Crippen molar-refractivity contribution in [3.8, 4) is 0 Å².